The van der Waals surface area contributed by atoms with Crippen LogP contribution in [0, 0.1) is 5.82 Å². The minimum absolute atomic E-state index is 0.0150. The minimum atomic E-state index is -3.23. The lowest BCUT2D eigenvalue weighted by molar-refractivity contribution is -0.135. The number of sulfone groups is 1. The Hall–Kier alpha value is -2.32. The van der Waals surface area contributed by atoms with Crippen molar-refractivity contribution < 1.29 is 22.3 Å². The first-order valence-electron chi connectivity index (χ1n) is 11.0. The van der Waals surface area contributed by atoms with Gasteiger partial charge >= 0.3 is 0 Å². The van der Waals surface area contributed by atoms with Crippen LogP contribution in [0.5, 0.6) is 5.75 Å². The molecular formula is C24H28ClFN2O4S. The van der Waals surface area contributed by atoms with E-state index in [-0.39, 0.29) is 29.1 Å². The Bertz CT molecular complexity index is 1140. The molecule has 0 spiro atoms. The van der Waals surface area contributed by atoms with E-state index in [9.17, 15) is 17.6 Å². The topological polar surface area (TPSA) is 75.7 Å². The second-order valence-corrected chi connectivity index (χ2v) is 11.8. The van der Waals surface area contributed by atoms with Crippen LogP contribution in [-0.4, -0.2) is 44.3 Å². The quantitative estimate of drug-likeness (QED) is 0.646. The normalized spacial score (nSPS) is 22.8. The van der Waals surface area contributed by atoms with Crippen molar-refractivity contribution in [2.24, 2.45) is 0 Å². The molecule has 2 saturated heterocycles. The fourth-order valence-electron chi connectivity index (χ4n) is 4.82. The van der Waals surface area contributed by atoms with E-state index in [0.717, 1.165) is 31.4 Å². The van der Waals surface area contributed by atoms with Crippen molar-refractivity contribution in [1.82, 2.24) is 5.32 Å². The van der Waals surface area contributed by atoms with Crippen LogP contribution in [0.1, 0.15) is 39.5 Å². The number of halogens is 2. The summed E-state index contributed by atoms with van der Waals surface area (Å²) in [6, 6.07) is 11.6. The number of hydrogen-bond acceptors (Lipinski definition) is 5. The van der Waals surface area contributed by atoms with Gasteiger partial charge in [-0.1, -0.05) is 11.6 Å². The van der Waals surface area contributed by atoms with Gasteiger partial charge in [-0.25, -0.2) is 12.8 Å². The fraction of sp³-hybridized carbons (Fsp3) is 0.458. The Labute approximate surface area is 199 Å². The number of hydrogen-bond donors (Lipinski definition) is 1. The van der Waals surface area contributed by atoms with Gasteiger partial charge in [0.2, 0.25) is 0 Å². The maximum atomic E-state index is 13.4. The SMILES string of the molecule is CC(C)(Oc1ccc(F)c(Cl)c1)C(=O)NC1CC2CCC(C1)N2c1ccc(S(C)(=O)=O)cc1. The summed E-state index contributed by atoms with van der Waals surface area (Å²) in [4.78, 5) is 15.7. The predicted octanol–water partition coefficient (Wildman–Crippen LogP) is 4.36. The lowest BCUT2D eigenvalue weighted by Gasteiger charge is -2.41. The molecule has 6 nitrogen and oxygen atoms in total. The van der Waals surface area contributed by atoms with Gasteiger partial charge in [-0.05, 0) is 75.9 Å². The Morgan fingerprint density at radius 1 is 1.12 bits per heavy atom. The Kier molecular flexibility index (Phi) is 6.35. The molecule has 2 heterocycles. The molecule has 2 unspecified atom stereocenters. The van der Waals surface area contributed by atoms with E-state index < -0.39 is 21.3 Å². The van der Waals surface area contributed by atoms with Crippen LogP contribution in [-0.2, 0) is 14.6 Å². The van der Waals surface area contributed by atoms with Crippen molar-refractivity contribution in [3.8, 4) is 5.75 Å². The second kappa shape index (κ2) is 8.80. The van der Waals surface area contributed by atoms with Crippen molar-refractivity contribution in [2.75, 3.05) is 11.2 Å². The van der Waals surface area contributed by atoms with Gasteiger partial charge in [0.05, 0.1) is 9.92 Å². The number of carbonyl (C=O) groups excluding carboxylic acids is 1. The zero-order valence-electron chi connectivity index (χ0n) is 18.8. The van der Waals surface area contributed by atoms with E-state index >= 15 is 0 Å². The molecule has 178 valence electrons. The van der Waals surface area contributed by atoms with E-state index in [4.69, 9.17) is 16.3 Å². The highest BCUT2D eigenvalue weighted by atomic mass is 35.5. The van der Waals surface area contributed by atoms with Crippen LogP contribution >= 0.6 is 11.6 Å². The molecule has 2 aromatic rings. The average molecular weight is 495 g/mol. The summed E-state index contributed by atoms with van der Waals surface area (Å²) in [7, 11) is -3.23. The highest BCUT2D eigenvalue weighted by Crippen LogP contribution is 2.39. The van der Waals surface area contributed by atoms with Gasteiger partial charge in [-0.15, -0.1) is 0 Å². The van der Waals surface area contributed by atoms with Crippen LogP contribution in [0.4, 0.5) is 10.1 Å². The number of nitrogens with one attached hydrogen (secondary N) is 1. The Balaban J connectivity index is 1.40. The van der Waals surface area contributed by atoms with Crippen molar-refractivity contribution in [3.63, 3.8) is 0 Å². The molecule has 2 aromatic carbocycles. The number of nitrogens with zero attached hydrogens (tertiary/aromatic N) is 1. The first-order chi connectivity index (χ1) is 15.4. The molecule has 2 fully saturated rings. The lowest BCUT2D eigenvalue weighted by Crippen LogP contribution is -2.55. The van der Waals surface area contributed by atoms with Gasteiger partial charge in [0, 0.05) is 36.1 Å². The number of rotatable bonds is 6. The number of fused-ring (bicyclic) bond motifs is 2. The third-order valence-corrected chi connectivity index (χ3v) is 7.86. The van der Waals surface area contributed by atoms with Crippen LogP contribution < -0.4 is 15.0 Å². The fourth-order valence-corrected chi connectivity index (χ4v) is 5.62. The zero-order valence-corrected chi connectivity index (χ0v) is 20.4. The highest BCUT2D eigenvalue weighted by Gasteiger charge is 2.42. The van der Waals surface area contributed by atoms with E-state index in [1.165, 1.54) is 24.5 Å². The molecule has 0 aromatic heterocycles. The van der Waals surface area contributed by atoms with Crippen LogP contribution in [0.15, 0.2) is 47.4 Å². The maximum absolute atomic E-state index is 13.4. The van der Waals surface area contributed by atoms with E-state index in [1.807, 2.05) is 12.1 Å². The molecule has 0 aliphatic carbocycles. The van der Waals surface area contributed by atoms with Gasteiger partial charge in [0.25, 0.3) is 5.91 Å². The molecule has 2 atom stereocenters. The number of anilines is 1. The van der Waals surface area contributed by atoms with Crippen LogP contribution in [0.3, 0.4) is 0 Å². The van der Waals surface area contributed by atoms with Crippen LogP contribution in [0.2, 0.25) is 5.02 Å². The van der Waals surface area contributed by atoms with Gasteiger partial charge < -0.3 is 15.0 Å². The molecule has 2 aliphatic heterocycles. The number of benzene rings is 2. The van der Waals surface area contributed by atoms with E-state index in [2.05, 4.69) is 10.2 Å². The first-order valence-corrected chi connectivity index (χ1v) is 13.2. The zero-order chi connectivity index (χ0) is 24.0. The van der Waals surface area contributed by atoms with Crippen LogP contribution in [0.25, 0.3) is 0 Å². The van der Waals surface area contributed by atoms with Crippen molar-refractivity contribution in [2.45, 2.75) is 68.2 Å². The Morgan fingerprint density at radius 2 is 1.73 bits per heavy atom. The summed E-state index contributed by atoms with van der Waals surface area (Å²) in [5.41, 5.74) is -0.143. The predicted molar refractivity (Wildman–Crippen MR) is 126 cm³/mol. The largest absolute Gasteiger partial charge is 0.478 e. The lowest BCUT2D eigenvalue weighted by atomic mass is 9.95. The third kappa shape index (κ3) is 5.11. The second-order valence-electron chi connectivity index (χ2n) is 9.39. The van der Waals surface area contributed by atoms with E-state index in [1.54, 1.807) is 26.0 Å². The van der Waals surface area contributed by atoms with Crippen molar-refractivity contribution in [3.05, 3.63) is 53.3 Å². The average Bonchev–Trinajstić information content (AvgIpc) is 3.00. The summed E-state index contributed by atoms with van der Waals surface area (Å²) in [6.07, 6.45) is 4.86. The number of piperidine rings is 1. The molecule has 0 radical (unpaired) electrons. The van der Waals surface area contributed by atoms with E-state index in [0.29, 0.717) is 10.6 Å². The number of carbonyl (C=O) groups is 1. The standard InChI is InChI=1S/C24H28ClFN2O4S/c1-24(2,32-19-8-11-22(26)21(25)14-19)23(29)27-15-12-17-4-5-18(13-15)28(17)16-6-9-20(10-7-16)33(3,30)31/h6-11,14-15,17-18H,4-5,12-13H2,1-3H3,(H,27,29). The molecule has 33 heavy (non-hydrogen) atoms. The first kappa shape index (κ1) is 23.8. The van der Waals surface area contributed by atoms with Gasteiger partial charge in [0.15, 0.2) is 15.4 Å². The molecular weight excluding hydrogens is 467 g/mol. The molecule has 2 aliphatic rings. The van der Waals surface area contributed by atoms with Gasteiger partial charge in [-0.2, -0.15) is 0 Å². The minimum Gasteiger partial charge on any atom is -0.478 e. The third-order valence-electron chi connectivity index (χ3n) is 6.44. The number of amides is 1. The molecule has 1 N–H and O–H groups in total. The molecule has 1 amide bonds. The smallest absolute Gasteiger partial charge is 0.263 e. The summed E-state index contributed by atoms with van der Waals surface area (Å²) in [5, 5.41) is 3.07. The summed E-state index contributed by atoms with van der Waals surface area (Å²) in [5.74, 6) is -0.452. The van der Waals surface area contributed by atoms with Crippen molar-refractivity contribution >= 4 is 33.0 Å². The molecule has 0 saturated carbocycles. The summed E-state index contributed by atoms with van der Waals surface area (Å²) < 4.78 is 42.7. The molecule has 9 heteroatoms. The van der Waals surface area contributed by atoms with Gasteiger partial charge in [0.1, 0.15) is 11.6 Å². The summed E-state index contributed by atoms with van der Waals surface area (Å²) >= 11 is 5.82. The molecule has 2 bridgehead atoms. The summed E-state index contributed by atoms with van der Waals surface area (Å²) in [6.45, 7) is 3.35. The maximum Gasteiger partial charge on any atom is 0.263 e. The van der Waals surface area contributed by atoms with Gasteiger partial charge in [-0.3, -0.25) is 4.79 Å². The number of ether oxygens (including phenoxy) is 1. The monoisotopic (exact) mass is 494 g/mol. The van der Waals surface area contributed by atoms with Crippen molar-refractivity contribution in [1.29, 1.82) is 0 Å². The molecule has 4 rings (SSSR count). The highest BCUT2D eigenvalue weighted by molar-refractivity contribution is 7.90. The Morgan fingerprint density at radius 3 is 2.27 bits per heavy atom.